The lowest BCUT2D eigenvalue weighted by Crippen LogP contribution is -2.42. The topological polar surface area (TPSA) is 3.88 Å². The second-order valence-electron chi connectivity index (χ2n) is 2.91. The molecule has 1 aliphatic rings. The molecule has 1 aromatic rings. The van der Waals surface area contributed by atoms with E-state index < -0.39 is 0 Å². The maximum atomic E-state index is 2.31. The summed E-state index contributed by atoms with van der Waals surface area (Å²) >= 11 is 0. The summed E-state index contributed by atoms with van der Waals surface area (Å²) in [5.74, 6) is 0. The number of nitrogens with zero attached hydrogens (tertiary/aromatic N) is 1. The Balaban J connectivity index is 2.18. The van der Waals surface area contributed by atoms with E-state index in [-0.39, 0.29) is 0 Å². The van der Waals surface area contributed by atoms with Crippen molar-refractivity contribution in [1.82, 2.24) is 0 Å². The van der Waals surface area contributed by atoms with E-state index >= 15 is 0 Å². The Kier molecular flexibility index (Phi) is 1.42. The molecule has 1 nitrogen and oxygen atoms in total. The molecule has 0 unspecified atom stereocenters. The summed E-state index contributed by atoms with van der Waals surface area (Å²) in [7, 11) is 0. The zero-order valence-corrected chi connectivity index (χ0v) is 6.03. The molecule has 0 bridgehead atoms. The summed E-state index contributed by atoms with van der Waals surface area (Å²) in [4.78, 5) is 0. The summed E-state index contributed by atoms with van der Waals surface area (Å²) in [6.45, 7) is 0. The molecule has 2 rings (SSSR count). The van der Waals surface area contributed by atoms with Crippen molar-refractivity contribution in [3.63, 3.8) is 0 Å². The molecule has 1 aromatic heterocycles. The van der Waals surface area contributed by atoms with Crippen LogP contribution in [0.15, 0.2) is 30.6 Å². The Morgan fingerprint density at radius 3 is 2.20 bits per heavy atom. The number of aromatic nitrogens is 1. The molecule has 10 heavy (non-hydrogen) atoms. The standard InChI is InChI=1S/C9H12N/c1-2-7-10(8-3-1)9-5-4-6-9/h1-3,7-9H,4-6H2/q+1. The molecule has 0 amide bonds. The van der Waals surface area contributed by atoms with Crippen LogP contribution >= 0.6 is 0 Å². The van der Waals surface area contributed by atoms with Crippen molar-refractivity contribution < 1.29 is 4.57 Å². The van der Waals surface area contributed by atoms with Crippen molar-refractivity contribution in [3.05, 3.63) is 30.6 Å². The van der Waals surface area contributed by atoms with Crippen molar-refractivity contribution in [3.8, 4) is 0 Å². The highest BCUT2D eigenvalue weighted by atomic mass is 15.0. The van der Waals surface area contributed by atoms with Crippen LogP contribution < -0.4 is 4.57 Å². The van der Waals surface area contributed by atoms with E-state index in [4.69, 9.17) is 0 Å². The van der Waals surface area contributed by atoms with Crippen LogP contribution in [-0.4, -0.2) is 0 Å². The summed E-state index contributed by atoms with van der Waals surface area (Å²) in [5, 5.41) is 0. The Morgan fingerprint density at radius 1 is 1.00 bits per heavy atom. The van der Waals surface area contributed by atoms with Crippen LogP contribution in [0.3, 0.4) is 0 Å². The van der Waals surface area contributed by atoms with Gasteiger partial charge in [-0.3, -0.25) is 0 Å². The fourth-order valence-corrected chi connectivity index (χ4v) is 1.34. The zero-order valence-electron chi connectivity index (χ0n) is 6.03. The average Bonchev–Trinajstić information content (AvgIpc) is 1.86. The van der Waals surface area contributed by atoms with Crippen molar-refractivity contribution in [1.29, 1.82) is 0 Å². The highest BCUT2D eigenvalue weighted by Gasteiger charge is 2.25. The maximum absolute atomic E-state index is 2.31. The van der Waals surface area contributed by atoms with E-state index in [0.29, 0.717) is 0 Å². The number of pyridine rings is 1. The quantitative estimate of drug-likeness (QED) is 0.515. The zero-order chi connectivity index (χ0) is 6.81. The number of hydrogen-bond acceptors (Lipinski definition) is 0. The first kappa shape index (κ1) is 5.90. The summed E-state index contributed by atoms with van der Waals surface area (Å²) in [6.07, 6.45) is 8.46. The van der Waals surface area contributed by atoms with Crippen LogP contribution in [0.5, 0.6) is 0 Å². The number of rotatable bonds is 1. The minimum atomic E-state index is 0.807. The molecular formula is C9H12N+. The van der Waals surface area contributed by atoms with Crippen molar-refractivity contribution >= 4 is 0 Å². The fourth-order valence-electron chi connectivity index (χ4n) is 1.34. The van der Waals surface area contributed by atoms with Crippen LogP contribution in [0.1, 0.15) is 25.3 Å². The van der Waals surface area contributed by atoms with E-state index in [1.54, 1.807) is 0 Å². The lowest BCUT2D eigenvalue weighted by atomic mass is 9.93. The normalized spacial score (nSPS) is 18.4. The van der Waals surface area contributed by atoms with Gasteiger partial charge in [0.15, 0.2) is 18.4 Å². The number of hydrogen-bond donors (Lipinski definition) is 0. The Bertz CT molecular complexity index is 201. The van der Waals surface area contributed by atoms with Gasteiger partial charge in [-0.25, -0.2) is 4.57 Å². The SMILES string of the molecule is c1cc[n+](C2CCC2)cc1. The third-order valence-electron chi connectivity index (χ3n) is 2.23. The van der Waals surface area contributed by atoms with Gasteiger partial charge < -0.3 is 0 Å². The molecule has 1 fully saturated rings. The van der Waals surface area contributed by atoms with E-state index in [1.165, 1.54) is 19.3 Å². The van der Waals surface area contributed by atoms with Gasteiger partial charge in [-0.15, -0.1) is 0 Å². The highest BCUT2D eigenvalue weighted by Crippen LogP contribution is 2.25. The second-order valence-corrected chi connectivity index (χ2v) is 2.91. The van der Waals surface area contributed by atoms with Gasteiger partial charge in [0, 0.05) is 25.0 Å². The molecule has 0 atom stereocenters. The van der Waals surface area contributed by atoms with Crippen molar-refractivity contribution in [2.75, 3.05) is 0 Å². The largest absolute Gasteiger partial charge is 0.202 e. The molecule has 0 aromatic carbocycles. The van der Waals surface area contributed by atoms with Gasteiger partial charge >= 0.3 is 0 Å². The Morgan fingerprint density at radius 2 is 1.70 bits per heavy atom. The Labute approximate surface area is 61.3 Å². The maximum Gasteiger partial charge on any atom is 0.169 e. The lowest BCUT2D eigenvalue weighted by Gasteiger charge is -2.19. The molecule has 0 saturated heterocycles. The molecule has 1 heteroatoms. The minimum absolute atomic E-state index is 0.807. The Hall–Kier alpha value is -0.850. The van der Waals surface area contributed by atoms with E-state index in [1.807, 2.05) is 0 Å². The highest BCUT2D eigenvalue weighted by molar-refractivity contribution is 4.84. The molecule has 1 aliphatic carbocycles. The third-order valence-corrected chi connectivity index (χ3v) is 2.23. The van der Waals surface area contributed by atoms with Crippen LogP contribution in [0, 0.1) is 0 Å². The van der Waals surface area contributed by atoms with Gasteiger partial charge in [0.05, 0.1) is 0 Å². The van der Waals surface area contributed by atoms with E-state index in [0.717, 1.165) is 6.04 Å². The van der Waals surface area contributed by atoms with Crippen LogP contribution in [0.2, 0.25) is 0 Å². The molecule has 0 spiro atoms. The first-order valence-corrected chi connectivity index (χ1v) is 3.92. The first-order chi connectivity index (χ1) is 4.97. The second kappa shape index (κ2) is 2.41. The van der Waals surface area contributed by atoms with Gasteiger partial charge in [0.25, 0.3) is 0 Å². The lowest BCUT2D eigenvalue weighted by molar-refractivity contribution is -0.733. The first-order valence-electron chi connectivity index (χ1n) is 3.92. The monoisotopic (exact) mass is 134 g/mol. The minimum Gasteiger partial charge on any atom is -0.202 e. The third kappa shape index (κ3) is 0.919. The van der Waals surface area contributed by atoms with Crippen LogP contribution in [-0.2, 0) is 0 Å². The van der Waals surface area contributed by atoms with Crippen LogP contribution in [0.25, 0.3) is 0 Å². The van der Waals surface area contributed by atoms with Gasteiger partial charge in [0.2, 0.25) is 0 Å². The average molecular weight is 134 g/mol. The van der Waals surface area contributed by atoms with E-state index in [9.17, 15) is 0 Å². The predicted molar refractivity (Wildman–Crippen MR) is 39.5 cm³/mol. The molecule has 1 heterocycles. The van der Waals surface area contributed by atoms with Gasteiger partial charge in [-0.05, 0) is 6.42 Å². The summed E-state index contributed by atoms with van der Waals surface area (Å²) in [5.41, 5.74) is 0. The van der Waals surface area contributed by atoms with Gasteiger partial charge in [-0.1, -0.05) is 6.07 Å². The summed E-state index contributed by atoms with van der Waals surface area (Å²) in [6, 6.07) is 7.06. The van der Waals surface area contributed by atoms with Crippen LogP contribution in [0.4, 0.5) is 0 Å². The molecular weight excluding hydrogens is 122 g/mol. The van der Waals surface area contributed by atoms with E-state index in [2.05, 4.69) is 35.2 Å². The molecule has 0 radical (unpaired) electrons. The molecule has 52 valence electrons. The molecule has 0 N–H and O–H groups in total. The fraction of sp³-hybridized carbons (Fsp3) is 0.444. The van der Waals surface area contributed by atoms with Gasteiger partial charge in [-0.2, -0.15) is 0 Å². The molecule has 0 aliphatic heterocycles. The van der Waals surface area contributed by atoms with Crippen molar-refractivity contribution in [2.24, 2.45) is 0 Å². The smallest absolute Gasteiger partial charge is 0.169 e. The van der Waals surface area contributed by atoms with Crippen molar-refractivity contribution in [2.45, 2.75) is 25.3 Å². The molecule has 1 saturated carbocycles. The predicted octanol–water partition coefficient (Wildman–Crippen LogP) is 1.70. The summed E-state index contributed by atoms with van der Waals surface area (Å²) < 4.78 is 2.31. The van der Waals surface area contributed by atoms with Gasteiger partial charge in [0.1, 0.15) is 0 Å².